The first-order valence-corrected chi connectivity index (χ1v) is 10.3. The zero-order valence-electron chi connectivity index (χ0n) is 17.1. The molecule has 0 aliphatic carbocycles. The second-order valence-electron chi connectivity index (χ2n) is 7.79. The normalized spacial score (nSPS) is 19.4. The van der Waals surface area contributed by atoms with E-state index in [1.165, 1.54) is 15.8 Å². The van der Waals surface area contributed by atoms with Gasteiger partial charge < -0.3 is 15.2 Å². The van der Waals surface area contributed by atoms with Gasteiger partial charge in [0.1, 0.15) is 0 Å². The van der Waals surface area contributed by atoms with E-state index in [0.717, 1.165) is 38.0 Å². The molecule has 2 aromatic rings. The lowest BCUT2D eigenvalue weighted by molar-refractivity contribution is 0.294. The molecule has 4 rings (SSSR count). The second-order valence-corrected chi connectivity index (χ2v) is 7.79. The number of H-pyrrole nitrogens is 1. The number of fused-ring (bicyclic) bond motifs is 1. The Kier molecular flexibility index (Phi) is 5.53. The van der Waals surface area contributed by atoms with Crippen molar-refractivity contribution >= 4 is 10.9 Å². The first-order valence-electron chi connectivity index (χ1n) is 10.3. The number of rotatable bonds is 5. The highest BCUT2D eigenvalue weighted by Gasteiger charge is 2.21. The highest BCUT2D eigenvalue weighted by molar-refractivity contribution is 5.80. The van der Waals surface area contributed by atoms with E-state index < -0.39 is 0 Å². The van der Waals surface area contributed by atoms with Gasteiger partial charge in [-0.05, 0) is 56.5 Å². The molecule has 0 amide bonds. The van der Waals surface area contributed by atoms with E-state index in [1.54, 1.807) is 6.07 Å². The maximum absolute atomic E-state index is 12.9. The van der Waals surface area contributed by atoms with Crippen LogP contribution in [0.4, 0.5) is 0 Å². The zero-order valence-corrected chi connectivity index (χ0v) is 17.1. The number of aromatic amines is 1. The van der Waals surface area contributed by atoms with Crippen LogP contribution in [0.25, 0.3) is 10.9 Å². The van der Waals surface area contributed by atoms with Crippen LogP contribution >= 0.6 is 0 Å². The summed E-state index contributed by atoms with van der Waals surface area (Å²) in [6, 6.07) is 5.82. The molecule has 0 spiro atoms. The SMILES string of the molecule is Cc1cccc2[nH]c(=O)n(CCCN3C(C4=CCNCC4)=CC=CC3C)c(=O)c12. The fourth-order valence-corrected chi connectivity index (χ4v) is 4.27. The zero-order chi connectivity index (χ0) is 20.4. The van der Waals surface area contributed by atoms with E-state index in [1.807, 2.05) is 19.1 Å². The first-order chi connectivity index (χ1) is 14.1. The fraction of sp³-hybridized carbons (Fsp3) is 0.391. The number of nitrogens with zero attached hydrogens (tertiary/aromatic N) is 2. The van der Waals surface area contributed by atoms with Crippen LogP contribution in [-0.4, -0.2) is 40.1 Å². The Morgan fingerprint density at radius 3 is 2.86 bits per heavy atom. The number of hydrogen-bond acceptors (Lipinski definition) is 4. The largest absolute Gasteiger partial charge is 0.365 e. The van der Waals surface area contributed by atoms with Crippen molar-refractivity contribution in [2.24, 2.45) is 0 Å². The van der Waals surface area contributed by atoms with E-state index in [4.69, 9.17) is 0 Å². The van der Waals surface area contributed by atoms with E-state index >= 15 is 0 Å². The van der Waals surface area contributed by atoms with Crippen LogP contribution in [0.3, 0.4) is 0 Å². The van der Waals surface area contributed by atoms with Crippen molar-refractivity contribution in [3.05, 3.63) is 80.2 Å². The summed E-state index contributed by atoms with van der Waals surface area (Å²) in [6.07, 6.45) is 10.5. The first kappa shape index (κ1) is 19.5. The van der Waals surface area contributed by atoms with E-state index in [2.05, 4.69) is 46.4 Å². The van der Waals surface area contributed by atoms with Crippen LogP contribution in [0, 0.1) is 6.92 Å². The standard InChI is InChI=1S/C23H28N4O2/c1-16-6-3-8-19-21(16)22(28)27(23(29)25-19)15-5-14-26-17(2)7-4-9-20(26)18-10-12-24-13-11-18/h3-4,6-10,17,24H,5,11-15H2,1-2H3,(H,25,29). The van der Waals surface area contributed by atoms with Crippen molar-refractivity contribution in [2.75, 3.05) is 19.6 Å². The average molecular weight is 393 g/mol. The van der Waals surface area contributed by atoms with E-state index in [-0.39, 0.29) is 11.2 Å². The van der Waals surface area contributed by atoms with Gasteiger partial charge in [0.05, 0.1) is 10.9 Å². The molecule has 0 radical (unpaired) electrons. The van der Waals surface area contributed by atoms with Gasteiger partial charge in [-0.25, -0.2) is 4.79 Å². The Labute approximate surface area is 170 Å². The lowest BCUT2D eigenvalue weighted by atomic mass is 10.00. The summed E-state index contributed by atoms with van der Waals surface area (Å²) < 4.78 is 1.34. The number of hydrogen-bond donors (Lipinski definition) is 2. The molecule has 29 heavy (non-hydrogen) atoms. The van der Waals surface area contributed by atoms with Crippen molar-refractivity contribution in [1.82, 2.24) is 19.8 Å². The third kappa shape index (κ3) is 3.85. The minimum Gasteiger partial charge on any atom is -0.365 e. The monoisotopic (exact) mass is 392 g/mol. The molecule has 6 nitrogen and oxygen atoms in total. The molecule has 3 heterocycles. The lowest BCUT2D eigenvalue weighted by Gasteiger charge is -2.36. The molecule has 2 aliphatic heterocycles. The highest BCUT2D eigenvalue weighted by Crippen LogP contribution is 2.26. The Hall–Kier alpha value is -2.86. The topological polar surface area (TPSA) is 70.1 Å². The summed E-state index contributed by atoms with van der Waals surface area (Å²) in [5, 5.41) is 3.96. The molecular weight excluding hydrogens is 364 g/mol. The lowest BCUT2D eigenvalue weighted by Crippen LogP contribution is -2.39. The third-order valence-corrected chi connectivity index (χ3v) is 5.84. The number of benzene rings is 1. The van der Waals surface area contributed by atoms with Crippen molar-refractivity contribution in [1.29, 1.82) is 0 Å². The molecular formula is C23H28N4O2. The van der Waals surface area contributed by atoms with Gasteiger partial charge in [0.15, 0.2) is 0 Å². The van der Waals surface area contributed by atoms with Gasteiger partial charge in [-0.15, -0.1) is 0 Å². The second kappa shape index (κ2) is 8.25. The molecule has 0 saturated carbocycles. The maximum atomic E-state index is 12.9. The fourth-order valence-electron chi connectivity index (χ4n) is 4.27. The molecule has 6 heteroatoms. The third-order valence-electron chi connectivity index (χ3n) is 5.84. The Morgan fingerprint density at radius 2 is 2.07 bits per heavy atom. The van der Waals surface area contributed by atoms with Gasteiger partial charge in [0.25, 0.3) is 5.56 Å². The van der Waals surface area contributed by atoms with Crippen LogP contribution in [0.15, 0.2) is 63.4 Å². The van der Waals surface area contributed by atoms with Crippen LogP contribution in [-0.2, 0) is 6.54 Å². The molecule has 1 aromatic heterocycles. The quantitative estimate of drug-likeness (QED) is 0.820. The van der Waals surface area contributed by atoms with Crippen LogP contribution in [0.5, 0.6) is 0 Å². The molecule has 1 atom stereocenters. The van der Waals surface area contributed by atoms with E-state index in [0.29, 0.717) is 23.5 Å². The number of allylic oxidation sites excluding steroid dienone is 3. The molecule has 2 N–H and O–H groups in total. The molecule has 2 aliphatic rings. The van der Waals surface area contributed by atoms with Gasteiger partial charge in [-0.3, -0.25) is 9.36 Å². The van der Waals surface area contributed by atoms with Crippen LogP contribution < -0.4 is 16.6 Å². The summed E-state index contributed by atoms with van der Waals surface area (Å²) in [5.41, 5.74) is 3.58. The van der Waals surface area contributed by atoms with Gasteiger partial charge >= 0.3 is 5.69 Å². The molecule has 1 aromatic carbocycles. The summed E-state index contributed by atoms with van der Waals surface area (Å²) in [5.74, 6) is 0. The van der Waals surface area contributed by atoms with Crippen molar-refractivity contribution < 1.29 is 0 Å². The minimum absolute atomic E-state index is 0.203. The summed E-state index contributed by atoms with van der Waals surface area (Å²) in [6.45, 7) is 7.18. The number of aromatic nitrogens is 2. The molecule has 0 bridgehead atoms. The van der Waals surface area contributed by atoms with Gasteiger partial charge in [-0.1, -0.05) is 30.4 Å². The van der Waals surface area contributed by atoms with E-state index in [9.17, 15) is 9.59 Å². The van der Waals surface area contributed by atoms with Gasteiger partial charge in [-0.2, -0.15) is 0 Å². The highest BCUT2D eigenvalue weighted by atomic mass is 16.2. The number of aryl methyl sites for hydroxylation is 1. The van der Waals surface area contributed by atoms with Crippen molar-refractivity contribution in [2.45, 2.75) is 39.3 Å². The Bertz CT molecular complexity index is 1120. The van der Waals surface area contributed by atoms with Crippen molar-refractivity contribution in [3.8, 4) is 0 Å². The smallest absolute Gasteiger partial charge is 0.328 e. The molecule has 152 valence electrons. The molecule has 1 unspecified atom stereocenters. The summed E-state index contributed by atoms with van der Waals surface area (Å²) >= 11 is 0. The minimum atomic E-state index is -0.337. The van der Waals surface area contributed by atoms with Crippen LogP contribution in [0.2, 0.25) is 0 Å². The predicted molar refractivity (Wildman–Crippen MR) is 117 cm³/mol. The summed E-state index contributed by atoms with van der Waals surface area (Å²) in [4.78, 5) is 30.6. The van der Waals surface area contributed by atoms with Gasteiger partial charge in [0.2, 0.25) is 0 Å². The van der Waals surface area contributed by atoms with Crippen LogP contribution in [0.1, 0.15) is 25.3 Å². The average Bonchev–Trinajstić information content (AvgIpc) is 2.72. The summed E-state index contributed by atoms with van der Waals surface area (Å²) in [7, 11) is 0. The predicted octanol–water partition coefficient (Wildman–Crippen LogP) is 2.45. The Morgan fingerprint density at radius 1 is 1.21 bits per heavy atom. The Balaban J connectivity index is 1.54. The molecule has 0 saturated heterocycles. The maximum Gasteiger partial charge on any atom is 0.328 e. The number of nitrogens with one attached hydrogen (secondary N) is 2. The van der Waals surface area contributed by atoms with Crippen molar-refractivity contribution in [3.63, 3.8) is 0 Å². The van der Waals surface area contributed by atoms with Gasteiger partial charge in [0, 0.05) is 31.4 Å². The molecule has 0 fully saturated rings.